The van der Waals surface area contributed by atoms with Crippen LogP contribution in [0.3, 0.4) is 0 Å². The number of rotatable bonds is 3. The molecule has 2 nitrogen and oxygen atoms in total. The van der Waals surface area contributed by atoms with Crippen LogP contribution in [-0.2, 0) is 0 Å². The number of piperazine rings is 1. The van der Waals surface area contributed by atoms with Crippen LogP contribution in [0.5, 0.6) is 0 Å². The summed E-state index contributed by atoms with van der Waals surface area (Å²) < 4.78 is 0. The van der Waals surface area contributed by atoms with Gasteiger partial charge in [-0.15, -0.1) is 0 Å². The summed E-state index contributed by atoms with van der Waals surface area (Å²) in [5.74, 6) is 0. The SMILES string of the molecule is CSC1CCC(N2CCNCC2c2ccccc2)C1. The van der Waals surface area contributed by atoms with Crippen LogP contribution in [0.15, 0.2) is 30.3 Å². The highest BCUT2D eigenvalue weighted by molar-refractivity contribution is 7.99. The van der Waals surface area contributed by atoms with Crippen molar-refractivity contribution in [3.05, 3.63) is 35.9 Å². The van der Waals surface area contributed by atoms with E-state index in [0.29, 0.717) is 6.04 Å². The molecular formula is C16H24N2S. The number of benzene rings is 1. The van der Waals surface area contributed by atoms with E-state index in [1.165, 1.54) is 31.4 Å². The van der Waals surface area contributed by atoms with Crippen LogP contribution in [0.2, 0.25) is 0 Å². The third-order valence-electron chi connectivity index (χ3n) is 4.63. The van der Waals surface area contributed by atoms with Gasteiger partial charge in [0.1, 0.15) is 0 Å². The van der Waals surface area contributed by atoms with Crippen LogP contribution < -0.4 is 5.32 Å². The van der Waals surface area contributed by atoms with Gasteiger partial charge in [-0.2, -0.15) is 11.8 Å². The zero-order chi connectivity index (χ0) is 13.1. The first-order valence-electron chi connectivity index (χ1n) is 7.42. The van der Waals surface area contributed by atoms with Crippen molar-refractivity contribution in [3.8, 4) is 0 Å². The van der Waals surface area contributed by atoms with E-state index in [1.807, 2.05) is 0 Å². The van der Waals surface area contributed by atoms with Crippen molar-refractivity contribution in [2.45, 2.75) is 36.6 Å². The van der Waals surface area contributed by atoms with E-state index < -0.39 is 0 Å². The topological polar surface area (TPSA) is 15.3 Å². The summed E-state index contributed by atoms with van der Waals surface area (Å²) in [5, 5.41) is 4.45. The highest BCUT2D eigenvalue weighted by atomic mass is 32.2. The summed E-state index contributed by atoms with van der Waals surface area (Å²) in [6.07, 6.45) is 6.43. The van der Waals surface area contributed by atoms with Gasteiger partial charge in [0, 0.05) is 37.0 Å². The summed E-state index contributed by atoms with van der Waals surface area (Å²) in [6, 6.07) is 12.4. The molecule has 1 aromatic rings. The molecule has 2 fully saturated rings. The predicted octanol–water partition coefficient (Wildman–Crippen LogP) is 2.92. The molecule has 3 unspecified atom stereocenters. The van der Waals surface area contributed by atoms with Gasteiger partial charge in [0.25, 0.3) is 0 Å². The van der Waals surface area contributed by atoms with Gasteiger partial charge in [0.2, 0.25) is 0 Å². The fraction of sp³-hybridized carbons (Fsp3) is 0.625. The van der Waals surface area contributed by atoms with Gasteiger partial charge in [-0.3, -0.25) is 4.90 Å². The van der Waals surface area contributed by atoms with Crippen molar-refractivity contribution in [3.63, 3.8) is 0 Å². The molecule has 1 aromatic carbocycles. The van der Waals surface area contributed by atoms with E-state index >= 15 is 0 Å². The van der Waals surface area contributed by atoms with E-state index in [9.17, 15) is 0 Å². The molecule has 2 aliphatic rings. The Labute approximate surface area is 121 Å². The molecule has 3 atom stereocenters. The van der Waals surface area contributed by atoms with Crippen LogP contribution in [-0.4, -0.2) is 42.1 Å². The number of hydrogen-bond acceptors (Lipinski definition) is 3. The Morgan fingerprint density at radius 2 is 2.05 bits per heavy atom. The third-order valence-corrected chi connectivity index (χ3v) is 5.72. The number of thioether (sulfide) groups is 1. The first-order valence-corrected chi connectivity index (χ1v) is 8.71. The first-order chi connectivity index (χ1) is 9.38. The number of nitrogens with one attached hydrogen (secondary N) is 1. The van der Waals surface area contributed by atoms with Gasteiger partial charge < -0.3 is 5.32 Å². The average molecular weight is 276 g/mol. The van der Waals surface area contributed by atoms with Crippen molar-refractivity contribution < 1.29 is 0 Å². The summed E-state index contributed by atoms with van der Waals surface area (Å²) in [5.41, 5.74) is 1.47. The smallest absolute Gasteiger partial charge is 0.0476 e. The van der Waals surface area contributed by atoms with Gasteiger partial charge in [0.15, 0.2) is 0 Å². The summed E-state index contributed by atoms with van der Waals surface area (Å²) in [6.45, 7) is 3.44. The zero-order valence-electron chi connectivity index (χ0n) is 11.7. The molecule has 104 valence electrons. The minimum Gasteiger partial charge on any atom is -0.314 e. The second kappa shape index (κ2) is 6.29. The minimum atomic E-state index is 0.570. The molecule has 1 aliphatic carbocycles. The molecule has 3 rings (SSSR count). The molecule has 0 aromatic heterocycles. The van der Waals surface area contributed by atoms with Crippen molar-refractivity contribution in [2.24, 2.45) is 0 Å². The van der Waals surface area contributed by atoms with Gasteiger partial charge in [-0.05, 0) is 31.1 Å². The maximum atomic E-state index is 3.57. The third kappa shape index (κ3) is 2.99. The normalized spacial score (nSPS) is 32.6. The highest BCUT2D eigenvalue weighted by Gasteiger charge is 2.34. The highest BCUT2D eigenvalue weighted by Crippen LogP contribution is 2.35. The Bertz CT molecular complexity index is 395. The standard InChI is InChI=1S/C16H24N2S/c1-19-15-8-7-14(11-15)18-10-9-17-12-16(18)13-5-3-2-4-6-13/h2-6,14-17H,7-12H2,1H3. The molecule has 1 saturated heterocycles. The number of hydrogen-bond donors (Lipinski definition) is 1. The fourth-order valence-electron chi connectivity index (χ4n) is 3.57. The monoisotopic (exact) mass is 276 g/mol. The van der Waals surface area contributed by atoms with E-state index in [0.717, 1.165) is 24.4 Å². The summed E-state index contributed by atoms with van der Waals surface area (Å²) in [4.78, 5) is 2.77. The molecule has 1 heterocycles. The summed E-state index contributed by atoms with van der Waals surface area (Å²) >= 11 is 2.05. The van der Waals surface area contributed by atoms with E-state index in [1.54, 1.807) is 0 Å². The van der Waals surface area contributed by atoms with Crippen molar-refractivity contribution in [1.29, 1.82) is 0 Å². The lowest BCUT2D eigenvalue weighted by Crippen LogP contribution is -2.49. The molecule has 0 spiro atoms. The van der Waals surface area contributed by atoms with Gasteiger partial charge in [-0.25, -0.2) is 0 Å². The van der Waals surface area contributed by atoms with Gasteiger partial charge in [0.05, 0.1) is 0 Å². The molecule has 1 aliphatic heterocycles. The lowest BCUT2D eigenvalue weighted by atomic mass is 10.0. The summed E-state index contributed by atoms with van der Waals surface area (Å²) in [7, 11) is 0. The van der Waals surface area contributed by atoms with Crippen molar-refractivity contribution in [1.82, 2.24) is 10.2 Å². The predicted molar refractivity (Wildman–Crippen MR) is 83.7 cm³/mol. The van der Waals surface area contributed by atoms with E-state index in [-0.39, 0.29) is 0 Å². The first kappa shape index (κ1) is 13.5. The van der Waals surface area contributed by atoms with Crippen LogP contribution >= 0.6 is 11.8 Å². The Morgan fingerprint density at radius 1 is 1.21 bits per heavy atom. The maximum Gasteiger partial charge on any atom is 0.0476 e. The quantitative estimate of drug-likeness (QED) is 0.914. The molecule has 1 N–H and O–H groups in total. The molecule has 3 heteroatoms. The average Bonchev–Trinajstić information content (AvgIpc) is 2.97. The minimum absolute atomic E-state index is 0.570. The zero-order valence-corrected chi connectivity index (χ0v) is 12.5. The Kier molecular flexibility index (Phi) is 4.46. The lowest BCUT2D eigenvalue weighted by molar-refractivity contribution is 0.108. The number of nitrogens with zero attached hydrogens (tertiary/aromatic N) is 1. The Morgan fingerprint density at radius 3 is 2.79 bits per heavy atom. The molecule has 0 bridgehead atoms. The molecule has 1 saturated carbocycles. The molecule has 19 heavy (non-hydrogen) atoms. The Balaban J connectivity index is 1.74. The van der Waals surface area contributed by atoms with Crippen LogP contribution in [0.4, 0.5) is 0 Å². The largest absolute Gasteiger partial charge is 0.314 e. The maximum absolute atomic E-state index is 3.57. The van der Waals surface area contributed by atoms with Gasteiger partial charge >= 0.3 is 0 Å². The molecular weight excluding hydrogens is 252 g/mol. The van der Waals surface area contributed by atoms with Crippen LogP contribution in [0.1, 0.15) is 30.9 Å². The molecule has 0 radical (unpaired) electrons. The second-order valence-corrected chi connectivity index (χ2v) is 6.83. The van der Waals surface area contributed by atoms with Crippen LogP contribution in [0, 0.1) is 0 Å². The van der Waals surface area contributed by atoms with E-state index in [4.69, 9.17) is 0 Å². The van der Waals surface area contributed by atoms with Gasteiger partial charge in [-0.1, -0.05) is 30.3 Å². The molecule has 0 amide bonds. The fourth-order valence-corrected chi connectivity index (χ4v) is 4.36. The lowest BCUT2D eigenvalue weighted by Gasteiger charge is -2.40. The van der Waals surface area contributed by atoms with Crippen LogP contribution in [0.25, 0.3) is 0 Å². The van der Waals surface area contributed by atoms with Crippen molar-refractivity contribution >= 4 is 11.8 Å². The second-order valence-electron chi connectivity index (χ2n) is 5.69. The Hall–Kier alpha value is -0.510. The van der Waals surface area contributed by atoms with E-state index in [2.05, 4.69) is 58.6 Å². The van der Waals surface area contributed by atoms with Crippen molar-refractivity contribution in [2.75, 3.05) is 25.9 Å².